The van der Waals surface area contributed by atoms with Crippen molar-refractivity contribution < 1.29 is 9.67 Å². The van der Waals surface area contributed by atoms with E-state index in [1.807, 2.05) is 6.92 Å². The first-order valence-corrected chi connectivity index (χ1v) is 11.8. The lowest BCUT2D eigenvalue weighted by Crippen LogP contribution is -2.10. The summed E-state index contributed by atoms with van der Waals surface area (Å²) in [6, 6.07) is 0. The number of hydrogen-bond donors (Lipinski definition) is 2. The molecular formula is C13H30Br2NO2P. The van der Waals surface area contributed by atoms with Crippen LogP contribution in [-0.2, 0) is 4.57 Å². The number of unbranched alkanes of at least 4 members (excludes halogenated alkanes) is 3. The maximum atomic E-state index is 11.1. The molecule has 19 heavy (non-hydrogen) atoms. The highest BCUT2D eigenvalue weighted by atomic mass is 79.9. The van der Waals surface area contributed by atoms with Crippen LogP contribution in [-0.4, -0.2) is 41.7 Å². The van der Waals surface area contributed by atoms with Crippen molar-refractivity contribution in [3.8, 4) is 0 Å². The van der Waals surface area contributed by atoms with E-state index in [1.54, 1.807) is 13.3 Å². The number of aliphatic hydroxyl groups excluding tert-OH is 1. The Bertz CT molecular complexity index is 223. The molecule has 1 atom stereocenters. The normalized spacial score (nSPS) is 12.7. The van der Waals surface area contributed by atoms with Crippen LogP contribution in [0.15, 0.2) is 0 Å². The quantitative estimate of drug-likeness (QED) is 0.307. The Morgan fingerprint density at radius 1 is 1.05 bits per heavy atom. The molecule has 0 aromatic carbocycles. The molecule has 0 aliphatic carbocycles. The molecule has 0 amide bonds. The average molecular weight is 423 g/mol. The number of halogens is 2. The van der Waals surface area contributed by atoms with Crippen LogP contribution < -0.4 is 5.09 Å². The van der Waals surface area contributed by atoms with E-state index in [0.29, 0.717) is 0 Å². The summed E-state index contributed by atoms with van der Waals surface area (Å²) >= 11 is 6.69. The van der Waals surface area contributed by atoms with Crippen LogP contribution in [0.3, 0.4) is 0 Å². The minimum absolute atomic E-state index is 0.111. The predicted octanol–water partition coefficient (Wildman–Crippen LogP) is 4.61. The predicted molar refractivity (Wildman–Crippen MR) is 94.4 cm³/mol. The van der Waals surface area contributed by atoms with E-state index in [-0.39, 0.29) is 6.10 Å². The monoisotopic (exact) mass is 421 g/mol. The summed E-state index contributed by atoms with van der Waals surface area (Å²) in [5.74, 6) is 0. The van der Waals surface area contributed by atoms with Crippen molar-refractivity contribution in [3.63, 3.8) is 0 Å². The van der Waals surface area contributed by atoms with Gasteiger partial charge in [0.2, 0.25) is 0 Å². The van der Waals surface area contributed by atoms with Gasteiger partial charge in [0, 0.05) is 30.5 Å². The lowest BCUT2D eigenvalue weighted by atomic mass is 10.1. The molecule has 0 fully saturated rings. The van der Waals surface area contributed by atoms with E-state index in [9.17, 15) is 4.57 Å². The Morgan fingerprint density at radius 2 is 1.58 bits per heavy atom. The number of alkyl halides is 2. The van der Waals surface area contributed by atoms with Crippen LogP contribution >= 0.6 is 39.2 Å². The van der Waals surface area contributed by atoms with Gasteiger partial charge in [0.05, 0.1) is 6.10 Å². The zero-order valence-electron chi connectivity index (χ0n) is 12.5. The van der Waals surface area contributed by atoms with Crippen molar-refractivity contribution >= 4 is 39.2 Å². The fraction of sp³-hybridized carbons (Fsp3) is 1.00. The molecule has 0 rings (SSSR count). The maximum absolute atomic E-state index is 11.1. The molecule has 0 aliphatic rings. The third-order valence-corrected chi connectivity index (χ3v) is 4.42. The fourth-order valence-electron chi connectivity index (χ4n) is 1.28. The molecule has 0 bridgehead atoms. The molecular weight excluding hydrogens is 393 g/mol. The molecule has 1 unspecified atom stereocenters. The van der Waals surface area contributed by atoms with E-state index >= 15 is 0 Å². The first-order chi connectivity index (χ1) is 8.83. The largest absolute Gasteiger partial charge is 0.393 e. The molecule has 0 aromatic heterocycles. The van der Waals surface area contributed by atoms with Gasteiger partial charge < -0.3 is 9.67 Å². The van der Waals surface area contributed by atoms with Gasteiger partial charge in [-0.15, -0.1) is 0 Å². The zero-order valence-corrected chi connectivity index (χ0v) is 16.6. The Kier molecular flexibility index (Phi) is 18.3. The summed E-state index contributed by atoms with van der Waals surface area (Å²) in [6.07, 6.45) is 6.70. The molecule has 2 N–H and O–H groups in total. The molecule has 0 aromatic rings. The Labute approximate surface area is 136 Å². The first-order valence-electron chi connectivity index (χ1n) is 6.93. The number of hydrogen-bond acceptors (Lipinski definition) is 2. The van der Waals surface area contributed by atoms with Crippen molar-refractivity contribution in [3.05, 3.63) is 0 Å². The van der Waals surface area contributed by atoms with Crippen molar-refractivity contribution in [2.45, 2.75) is 51.6 Å². The zero-order chi connectivity index (χ0) is 15.1. The minimum Gasteiger partial charge on any atom is -0.393 e. The Hall–Kier alpha value is 1.11. The standard InChI is InChI=1S/C7H15BrO.C6H15BrNOP/c1-7(9)5-3-2-4-6-8;1-10(2,9)8-6-4-3-5-7/h7,9H,2-6H2,1H3;3-6H2,1-2H3,(H,8,9). The SMILES string of the molecule is CC(O)CCCCCBr.CP(C)(=O)NCCCCBr. The van der Waals surface area contributed by atoms with E-state index in [0.717, 1.165) is 42.9 Å². The summed E-state index contributed by atoms with van der Waals surface area (Å²) in [5, 5.41) is 14.0. The molecule has 0 saturated carbocycles. The Balaban J connectivity index is 0. The summed E-state index contributed by atoms with van der Waals surface area (Å²) in [6.45, 7) is 6.21. The molecule has 0 saturated heterocycles. The second kappa shape index (κ2) is 15.5. The van der Waals surface area contributed by atoms with Gasteiger partial charge in [-0.25, -0.2) is 0 Å². The highest BCUT2D eigenvalue weighted by molar-refractivity contribution is 9.09. The van der Waals surface area contributed by atoms with Crippen molar-refractivity contribution in [1.82, 2.24) is 5.09 Å². The maximum Gasteiger partial charge on any atom is 0.141 e. The van der Waals surface area contributed by atoms with Crippen molar-refractivity contribution in [1.29, 1.82) is 0 Å². The highest BCUT2D eigenvalue weighted by Gasteiger charge is 2.02. The smallest absolute Gasteiger partial charge is 0.141 e. The van der Waals surface area contributed by atoms with E-state index in [2.05, 4.69) is 36.9 Å². The summed E-state index contributed by atoms with van der Waals surface area (Å²) in [7, 11) is -1.97. The fourth-order valence-corrected chi connectivity index (χ4v) is 2.77. The van der Waals surface area contributed by atoms with Crippen LogP contribution in [0.4, 0.5) is 0 Å². The van der Waals surface area contributed by atoms with Gasteiger partial charge in [-0.1, -0.05) is 44.7 Å². The lowest BCUT2D eigenvalue weighted by Gasteiger charge is -2.07. The minimum atomic E-state index is -1.97. The van der Waals surface area contributed by atoms with Gasteiger partial charge in [-0.05, 0) is 32.6 Å². The van der Waals surface area contributed by atoms with Crippen LogP contribution in [0.5, 0.6) is 0 Å². The average Bonchev–Trinajstić information content (AvgIpc) is 2.30. The number of rotatable bonds is 10. The molecule has 118 valence electrons. The topological polar surface area (TPSA) is 49.3 Å². The molecule has 0 spiro atoms. The van der Waals surface area contributed by atoms with Crippen LogP contribution in [0, 0.1) is 0 Å². The highest BCUT2D eigenvalue weighted by Crippen LogP contribution is 2.29. The van der Waals surface area contributed by atoms with Gasteiger partial charge in [0.15, 0.2) is 0 Å². The third-order valence-electron chi connectivity index (χ3n) is 2.31. The van der Waals surface area contributed by atoms with E-state index in [4.69, 9.17) is 5.11 Å². The van der Waals surface area contributed by atoms with Gasteiger partial charge in [-0.2, -0.15) is 0 Å². The van der Waals surface area contributed by atoms with Crippen LogP contribution in [0.2, 0.25) is 0 Å². The second-order valence-corrected chi connectivity index (χ2v) is 9.65. The molecule has 0 heterocycles. The van der Waals surface area contributed by atoms with Gasteiger partial charge >= 0.3 is 0 Å². The van der Waals surface area contributed by atoms with Crippen LogP contribution in [0.25, 0.3) is 0 Å². The summed E-state index contributed by atoms with van der Waals surface area (Å²) in [5.41, 5.74) is 0. The number of nitrogens with one attached hydrogen (secondary N) is 1. The van der Waals surface area contributed by atoms with E-state index < -0.39 is 7.29 Å². The number of aliphatic hydroxyl groups is 1. The summed E-state index contributed by atoms with van der Waals surface area (Å²) < 4.78 is 11.1. The van der Waals surface area contributed by atoms with Gasteiger partial charge in [0.1, 0.15) is 7.29 Å². The first kappa shape index (κ1) is 22.4. The molecule has 0 radical (unpaired) electrons. The van der Waals surface area contributed by atoms with Crippen molar-refractivity contribution in [2.24, 2.45) is 0 Å². The molecule has 6 heteroatoms. The third kappa shape index (κ3) is 28.1. The van der Waals surface area contributed by atoms with E-state index in [1.165, 1.54) is 12.8 Å². The molecule has 0 aliphatic heterocycles. The molecule has 3 nitrogen and oxygen atoms in total. The van der Waals surface area contributed by atoms with Crippen LogP contribution in [0.1, 0.15) is 45.4 Å². The van der Waals surface area contributed by atoms with Gasteiger partial charge in [-0.3, -0.25) is 5.09 Å². The lowest BCUT2D eigenvalue weighted by molar-refractivity contribution is 0.180. The Morgan fingerprint density at radius 3 is 2.00 bits per heavy atom. The van der Waals surface area contributed by atoms with Gasteiger partial charge in [0.25, 0.3) is 0 Å². The second-order valence-electron chi connectivity index (χ2n) is 5.04. The summed E-state index contributed by atoms with van der Waals surface area (Å²) in [4.78, 5) is 0. The van der Waals surface area contributed by atoms with Crippen molar-refractivity contribution in [2.75, 3.05) is 30.5 Å².